The lowest BCUT2D eigenvalue weighted by Crippen LogP contribution is -1.94. The number of aryl methyl sites for hydroxylation is 2. The standard InChI is InChI=1S/C8H9N3/c1-6-5-11-8(3-4-9-11)10-7(6)2/h3-5H,1-2H3. The molecule has 3 heteroatoms. The molecule has 0 fully saturated rings. The Balaban J connectivity index is 2.86. The van der Waals surface area contributed by atoms with Crippen molar-refractivity contribution >= 4 is 5.65 Å². The molecule has 0 aliphatic carbocycles. The zero-order valence-electron chi connectivity index (χ0n) is 6.57. The normalized spacial score (nSPS) is 10.7. The summed E-state index contributed by atoms with van der Waals surface area (Å²) in [5, 5.41) is 4.07. The monoisotopic (exact) mass is 147 g/mol. The number of aromatic nitrogens is 3. The van der Waals surface area contributed by atoms with Crippen LogP contribution in [0.25, 0.3) is 5.65 Å². The highest BCUT2D eigenvalue weighted by molar-refractivity contribution is 5.38. The van der Waals surface area contributed by atoms with Crippen LogP contribution >= 0.6 is 0 Å². The quantitative estimate of drug-likeness (QED) is 0.563. The van der Waals surface area contributed by atoms with Crippen LogP contribution in [-0.4, -0.2) is 14.6 Å². The molecule has 0 atom stereocenters. The fraction of sp³-hybridized carbons (Fsp3) is 0.250. The summed E-state index contributed by atoms with van der Waals surface area (Å²) >= 11 is 0. The lowest BCUT2D eigenvalue weighted by atomic mass is 10.3. The molecular formula is C8H9N3. The van der Waals surface area contributed by atoms with Gasteiger partial charge in [-0.3, -0.25) is 0 Å². The Morgan fingerprint density at radius 3 is 3.00 bits per heavy atom. The molecule has 0 spiro atoms. The molecule has 2 heterocycles. The van der Waals surface area contributed by atoms with E-state index in [1.807, 2.05) is 26.1 Å². The van der Waals surface area contributed by atoms with E-state index in [4.69, 9.17) is 0 Å². The lowest BCUT2D eigenvalue weighted by molar-refractivity contribution is 0.915. The third-order valence-corrected chi connectivity index (χ3v) is 1.82. The second kappa shape index (κ2) is 2.05. The second-order valence-corrected chi connectivity index (χ2v) is 2.64. The van der Waals surface area contributed by atoms with Gasteiger partial charge in [-0.25, -0.2) is 9.50 Å². The van der Waals surface area contributed by atoms with Gasteiger partial charge in [0.25, 0.3) is 0 Å². The number of nitrogens with zero attached hydrogens (tertiary/aromatic N) is 3. The van der Waals surface area contributed by atoms with E-state index in [0.717, 1.165) is 11.3 Å². The Morgan fingerprint density at radius 1 is 1.36 bits per heavy atom. The number of fused-ring (bicyclic) bond motifs is 1. The first kappa shape index (κ1) is 6.34. The number of rotatable bonds is 0. The predicted octanol–water partition coefficient (Wildman–Crippen LogP) is 1.35. The van der Waals surface area contributed by atoms with Crippen LogP contribution < -0.4 is 0 Å². The van der Waals surface area contributed by atoms with Crippen molar-refractivity contribution in [2.75, 3.05) is 0 Å². The summed E-state index contributed by atoms with van der Waals surface area (Å²) in [5.41, 5.74) is 3.15. The predicted molar refractivity (Wildman–Crippen MR) is 42.5 cm³/mol. The molecule has 0 N–H and O–H groups in total. The first-order chi connectivity index (χ1) is 5.27. The molecule has 0 saturated carbocycles. The van der Waals surface area contributed by atoms with Gasteiger partial charge >= 0.3 is 0 Å². The summed E-state index contributed by atoms with van der Waals surface area (Å²) in [6.45, 7) is 4.03. The first-order valence-electron chi connectivity index (χ1n) is 3.55. The maximum Gasteiger partial charge on any atom is 0.155 e. The van der Waals surface area contributed by atoms with Crippen molar-refractivity contribution in [2.45, 2.75) is 13.8 Å². The van der Waals surface area contributed by atoms with Crippen molar-refractivity contribution in [1.82, 2.24) is 14.6 Å². The minimum atomic E-state index is 0.910. The highest BCUT2D eigenvalue weighted by Crippen LogP contribution is 2.04. The fourth-order valence-corrected chi connectivity index (χ4v) is 1.03. The van der Waals surface area contributed by atoms with E-state index in [2.05, 4.69) is 10.1 Å². The van der Waals surface area contributed by atoms with Gasteiger partial charge in [-0.2, -0.15) is 5.10 Å². The Hall–Kier alpha value is -1.38. The molecule has 0 saturated heterocycles. The van der Waals surface area contributed by atoms with Crippen molar-refractivity contribution in [3.05, 3.63) is 29.7 Å². The van der Waals surface area contributed by atoms with Crippen LogP contribution in [0.2, 0.25) is 0 Å². The SMILES string of the molecule is Cc1cn2nccc2nc1C. The van der Waals surface area contributed by atoms with E-state index in [1.54, 1.807) is 10.7 Å². The van der Waals surface area contributed by atoms with Gasteiger partial charge in [0.05, 0.1) is 6.20 Å². The largest absolute Gasteiger partial charge is 0.234 e. The second-order valence-electron chi connectivity index (χ2n) is 2.64. The average Bonchev–Trinajstić information content (AvgIpc) is 2.36. The van der Waals surface area contributed by atoms with E-state index >= 15 is 0 Å². The third-order valence-electron chi connectivity index (χ3n) is 1.82. The van der Waals surface area contributed by atoms with Crippen LogP contribution in [0.3, 0.4) is 0 Å². The van der Waals surface area contributed by atoms with Crippen LogP contribution in [0.1, 0.15) is 11.3 Å². The smallest absolute Gasteiger partial charge is 0.155 e. The highest BCUT2D eigenvalue weighted by atomic mass is 15.2. The van der Waals surface area contributed by atoms with Gasteiger partial charge in [-0.1, -0.05) is 0 Å². The maximum absolute atomic E-state index is 4.34. The molecule has 0 radical (unpaired) electrons. The van der Waals surface area contributed by atoms with Crippen LogP contribution in [-0.2, 0) is 0 Å². The molecule has 0 bridgehead atoms. The van der Waals surface area contributed by atoms with Crippen molar-refractivity contribution < 1.29 is 0 Å². The van der Waals surface area contributed by atoms with Crippen LogP contribution in [0.5, 0.6) is 0 Å². The molecule has 2 aromatic rings. The summed E-state index contributed by atoms with van der Waals surface area (Å²) in [6, 6.07) is 1.90. The third kappa shape index (κ3) is 0.888. The van der Waals surface area contributed by atoms with Crippen molar-refractivity contribution in [2.24, 2.45) is 0 Å². The topological polar surface area (TPSA) is 30.2 Å². The molecule has 0 aromatic carbocycles. The van der Waals surface area contributed by atoms with Gasteiger partial charge in [-0.05, 0) is 19.4 Å². The Kier molecular flexibility index (Phi) is 1.18. The molecule has 56 valence electrons. The molecule has 0 aliphatic rings. The summed E-state index contributed by atoms with van der Waals surface area (Å²) in [4.78, 5) is 4.34. The van der Waals surface area contributed by atoms with E-state index < -0.39 is 0 Å². The van der Waals surface area contributed by atoms with Gasteiger partial charge in [0.1, 0.15) is 0 Å². The average molecular weight is 147 g/mol. The summed E-state index contributed by atoms with van der Waals surface area (Å²) < 4.78 is 1.78. The van der Waals surface area contributed by atoms with Gasteiger partial charge < -0.3 is 0 Å². The van der Waals surface area contributed by atoms with Gasteiger partial charge in [0.2, 0.25) is 0 Å². The number of hydrogen-bond donors (Lipinski definition) is 0. The van der Waals surface area contributed by atoms with E-state index in [9.17, 15) is 0 Å². The fourth-order valence-electron chi connectivity index (χ4n) is 1.03. The number of hydrogen-bond acceptors (Lipinski definition) is 2. The minimum absolute atomic E-state index is 0.910. The Labute approximate surface area is 64.7 Å². The zero-order valence-corrected chi connectivity index (χ0v) is 6.57. The molecule has 2 rings (SSSR count). The van der Waals surface area contributed by atoms with Crippen molar-refractivity contribution in [3.8, 4) is 0 Å². The summed E-state index contributed by atoms with van der Waals surface area (Å²) in [5.74, 6) is 0. The molecule has 0 amide bonds. The van der Waals surface area contributed by atoms with Crippen molar-refractivity contribution in [3.63, 3.8) is 0 Å². The van der Waals surface area contributed by atoms with E-state index in [-0.39, 0.29) is 0 Å². The zero-order chi connectivity index (χ0) is 7.84. The van der Waals surface area contributed by atoms with Crippen molar-refractivity contribution in [1.29, 1.82) is 0 Å². The molecule has 0 unspecified atom stereocenters. The minimum Gasteiger partial charge on any atom is -0.234 e. The highest BCUT2D eigenvalue weighted by Gasteiger charge is 1.97. The summed E-state index contributed by atoms with van der Waals surface area (Å²) in [7, 11) is 0. The van der Waals surface area contributed by atoms with Crippen LogP contribution in [0.15, 0.2) is 18.5 Å². The maximum atomic E-state index is 4.34. The molecular weight excluding hydrogens is 138 g/mol. The Morgan fingerprint density at radius 2 is 2.18 bits per heavy atom. The van der Waals surface area contributed by atoms with Crippen LogP contribution in [0, 0.1) is 13.8 Å². The summed E-state index contributed by atoms with van der Waals surface area (Å²) in [6.07, 6.45) is 3.74. The van der Waals surface area contributed by atoms with E-state index in [0.29, 0.717) is 0 Å². The molecule has 2 aromatic heterocycles. The molecule has 11 heavy (non-hydrogen) atoms. The van der Waals surface area contributed by atoms with E-state index in [1.165, 1.54) is 5.56 Å². The molecule has 3 nitrogen and oxygen atoms in total. The molecule has 0 aliphatic heterocycles. The first-order valence-corrected chi connectivity index (χ1v) is 3.55. The van der Waals surface area contributed by atoms with Gasteiger partial charge in [0.15, 0.2) is 5.65 Å². The lowest BCUT2D eigenvalue weighted by Gasteiger charge is -1.98. The van der Waals surface area contributed by atoms with Crippen LogP contribution in [0.4, 0.5) is 0 Å². The Bertz CT molecular complexity index is 353. The van der Waals surface area contributed by atoms with Gasteiger partial charge in [0, 0.05) is 18.0 Å². The van der Waals surface area contributed by atoms with Gasteiger partial charge in [-0.15, -0.1) is 0 Å².